The molecule has 170 valence electrons. The van der Waals surface area contributed by atoms with Crippen LogP contribution in [0.2, 0.25) is 0 Å². The predicted molar refractivity (Wildman–Crippen MR) is 119 cm³/mol. The average molecular weight is 468 g/mol. The molecule has 31 heavy (non-hydrogen) atoms. The molecule has 1 aliphatic rings. The molecule has 3 rings (SSSR count). The zero-order valence-corrected chi connectivity index (χ0v) is 19.7. The molecule has 0 unspecified atom stereocenters. The van der Waals surface area contributed by atoms with Crippen LogP contribution in [0.5, 0.6) is 0 Å². The van der Waals surface area contributed by atoms with Crippen LogP contribution in [-0.4, -0.2) is 72.0 Å². The molecule has 1 fully saturated rings. The second-order valence-corrected chi connectivity index (χ2v) is 10.5. The molecule has 1 aromatic carbocycles. The van der Waals surface area contributed by atoms with Crippen molar-refractivity contribution in [2.75, 3.05) is 38.6 Å². The lowest BCUT2D eigenvalue weighted by atomic mass is 10.2. The molecule has 9 nitrogen and oxygen atoms in total. The Morgan fingerprint density at radius 1 is 1.26 bits per heavy atom. The molecule has 1 amide bonds. The highest BCUT2D eigenvalue weighted by Gasteiger charge is 2.27. The maximum absolute atomic E-state index is 13.1. The van der Waals surface area contributed by atoms with Gasteiger partial charge < -0.3 is 14.6 Å². The standard InChI is InChI=1S/C20H29N5O4S2/c1-4-21-18(26)14-30-20-23-22-19(25(20)13-15(2)3)16-6-5-7-17(12-16)31(27,28)24-8-10-29-11-9-24/h5-7,12,15H,4,8-11,13-14H2,1-3H3,(H,21,26). The van der Waals surface area contributed by atoms with Gasteiger partial charge >= 0.3 is 0 Å². The van der Waals surface area contributed by atoms with Crippen molar-refractivity contribution in [3.05, 3.63) is 24.3 Å². The second kappa shape index (κ2) is 10.6. The summed E-state index contributed by atoms with van der Waals surface area (Å²) in [4.78, 5) is 12.1. The lowest BCUT2D eigenvalue weighted by molar-refractivity contribution is -0.118. The highest BCUT2D eigenvalue weighted by Crippen LogP contribution is 2.28. The van der Waals surface area contributed by atoms with Gasteiger partial charge in [-0.15, -0.1) is 10.2 Å². The fourth-order valence-electron chi connectivity index (χ4n) is 3.25. The van der Waals surface area contributed by atoms with Gasteiger partial charge in [-0.05, 0) is 25.0 Å². The molecule has 1 N–H and O–H groups in total. The molecule has 11 heteroatoms. The summed E-state index contributed by atoms with van der Waals surface area (Å²) in [5.41, 5.74) is 0.673. The van der Waals surface area contributed by atoms with Crippen molar-refractivity contribution in [2.45, 2.75) is 37.4 Å². The first kappa shape index (κ1) is 23.7. The summed E-state index contributed by atoms with van der Waals surface area (Å²) in [6.07, 6.45) is 0. The molecule has 0 atom stereocenters. The molecule has 2 heterocycles. The number of nitrogens with one attached hydrogen (secondary N) is 1. The smallest absolute Gasteiger partial charge is 0.243 e. The Hall–Kier alpha value is -1.95. The Morgan fingerprint density at radius 2 is 2.00 bits per heavy atom. The molecule has 0 aliphatic carbocycles. The highest BCUT2D eigenvalue weighted by molar-refractivity contribution is 7.99. The van der Waals surface area contributed by atoms with Crippen molar-refractivity contribution >= 4 is 27.7 Å². The van der Waals surface area contributed by atoms with Crippen molar-refractivity contribution in [1.29, 1.82) is 0 Å². The van der Waals surface area contributed by atoms with E-state index in [1.165, 1.54) is 16.1 Å². The molecule has 0 bridgehead atoms. The van der Waals surface area contributed by atoms with Crippen LogP contribution in [-0.2, 0) is 26.1 Å². The Kier molecular flexibility index (Phi) is 8.09. The van der Waals surface area contributed by atoms with Crippen molar-refractivity contribution in [1.82, 2.24) is 24.4 Å². The molecular weight excluding hydrogens is 438 g/mol. The summed E-state index contributed by atoms with van der Waals surface area (Å²) in [5, 5.41) is 12.0. The third kappa shape index (κ3) is 5.85. The van der Waals surface area contributed by atoms with Gasteiger partial charge in [-0.2, -0.15) is 4.31 Å². The molecule has 1 saturated heterocycles. The number of sulfonamides is 1. The number of nitrogens with zero attached hydrogens (tertiary/aromatic N) is 4. The van der Waals surface area contributed by atoms with Crippen LogP contribution in [0.3, 0.4) is 0 Å². The Morgan fingerprint density at radius 3 is 2.68 bits per heavy atom. The van der Waals surface area contributed by atoms with Gasteiger partial charge in [0.25, 0.3) is 0 Å². The Bertz CT molecular complexity index is 1000. The van der Waals surface area contributed by atoms with E-state index in [1.807, 2.05) is 17.6 Å². The first-order valence-electron chi connectivity index (χ1n) is 10.3. The van der Waals surface area contributed by atoms with Gasteiger partial charge in [0, 0.05) is 31.7 Å². The molecule has 1 aromatic heterocycles. The van der Waals surface area contributed by atoms with Crippen LogP contribution < -0.4 is 5.32 Å². The second-order valence-electron chi connectivity index (χ2n) is 7.60. The minimum absolute atomic E-state index is 0.0632. The van der Waals surface area contributed by atoms with Crippen LogP contribution in [0.1, 0.15) is 20.8 Å². The third-order valence-electron chi connectivity index (χ3n) is 4.67. The predicted octanol–water partition coefficient (Wildman–Crippen LogP) is 1.85. The Labute approximate surface area is 187 Å². The molecule has 2 aromatic rings. The minimum atomic E-state index is -3.61. The number of benzene rings is 1. The fourth-order valence-corrected chi connectivity index (χ4v) is 5.48. The van der Waals surface area contributed by atoms with E-state index in [-0.39, 0.29) is 16.6 Å². The lowest BCUT2D eigenvalue weighted by Gasteiger charge is -2.26. The van der Waals surface area contributed by atoms with Crippen LogP contribution in [0.25, 0.3) is 11.4 Å². The van der Waals surface area contributed by atoms with E-state index < -0.39 is 10.0 Å². The number of amides is 1. The van der Waals surface area contributed by atoms with Crippen LogP contribution in [0, 0.1) is 5.92 Å². The van der Waals surface area contributed by atoms with E-state index in [4.69, 9.17) is 4.74 Å². The quantitative estimate of drug-likeness (QED) is 0.561. The van der Waals surface area contributed by atoms with Crippen molar-refractivity contribution in [2.24, 2.45) is 5.92 Å². The van der Waals surface area contributed by atoms with Gasteiger partial charge in [0.1, 0.15) is 0 Å². The van der Waals surface area contributed by atoms with E-state index in [2.05, 4.69) is 29.4 Å². The molecule has 1 aliphatic heterocycles. The molecule has 0 spiro atoms. The normalized spacial score (nSPS) is 15.4. The number of thioether (sulfide) groups is 1. The van der Waals surface area contributed by atoms with E-state index in [9.17, 15) is 13.2 Å². The summed E-state index contributed by atoms with van der Waals surface area (Å²) in [5.74, 6) is 1.09. The number of hydrogen-bond acceptors (Lipinski definition) is 7. The van der Waals surface area contributed by atoms with Crippen molar-refractivity contribution in [3.8, 4) is 11.4 Å². The highest BCUT2D eigenvalue weighted by atomic mass is 32.2. The maximum atomic E-state index is 13.1. The van der Waals surface area contributed by atoms with E-state index in [1.54, 1.807) is 18.2 Å². The summed E-state index contributed by atoms with van der Waals surface area (Å²) in [6.45, 7) is 8.76. The lowest BCUT2D eigenvalue weighted by Crippen LogP contribution is -2.40. The van der Waals surface area contributed by atoms with E-state index in [0.717, 1.165) is 0 Å². The van der Waals surface area contributed by atoms with Gasteiger partial charge in [0.05, 0.1) is 23.9 Å². The van der Waals surface area contributed by atoms with Gasteiger partial charge in [-0.25, -0.2) is 8.42 Å². The molecule has 0 saturated carbocycles. The third-order valence-corrected chi connectivity index (χ3v) is 7.53. The monoisotopic (exact) mass is 467 g/mol. The zero-order valence-electron chi connectivity index (χ0n) is 18.1. The van der Waals surface area contributed by atoms with E-state index >= 15 is 0 Å². The number of carbonyl (C=O) groups excluding carboxylic acids is 1. The van der Waals surface area contributed by atoms with Crippen molar-refractivity contribution < 1.29 is 17.9 Å². The topological polar surface area (TPSA) is 106 Å². The number of morpholine rings is 1. The summed E-state index contributed by atoms with van der Waals surface area (Å²) >= 11 is 1.32. The fraction of sp³-hybridized carbons (Fsp3) is 0.550. The largest absolute Gasteiger partial charge is 0.379 e. The number of aromatic nitrogens is 3. The van der Waals surface area contributed by atoms with Gasteiger partial charge in [-0.1, -0.05) is 37.7 Å². The van der Waals surface area contributed by atoms with Gasteiger partial charge in [0.2, 0.25) is 15.9 Å². The van der Waals surface area contributed by atoms with Crippen molar-refractivity contribution in [3.63, 3.8) is 0 Å². The van der Waals surface area contributed by atoms with Gasteiger partial charge in [-0.3, -0.25) is 4.79 Å². The SMILES string of the molecule is CCNC(=O)CSc1nnc(-c2cccc(S(=O)(=O)N3CCOCC3)c2)n1CC(C)C. The molecular formula is C20H29N5O4S2. The summed E-state index contributed by atoms with van der Waals surface area (Å²) in [7, 11) is -3.61. The molecule has 0 radical (unpaired) electrons. The number of carbonyl (C=O) groups is 1. The summed E-state index contributed by atoms with van der Waals surface area (Å²) < 4.78 is 34.8. The first-order valence-corrected chi connectivity index (χ1v) is 12.8. The summed E-state index contributed by atoms with van der Waals surface area (Å²) in [6, 6.07) is 6.79. The van der Waals surface area contributed by atoms with Gasteiger partial charge in [0.15, 0.2) is 11.0 Å². The number of hydrogen-bond donors (Lipinski definition) is 1. The van der Waals surface area contributed by atoms with E-state index in [0.29, 0.717) is 61.9 Å². The first-order chi connectivity index (χ1) is 14.8. The minimum Gasteiger partial charge on any atom is -0.379 e. The number of rotatable bonds is 9. The Balaban J connectivity index is 1.91. The maximum Gasteiger partial charge on any atom is 0.243 e. The van der Waals surface area contributed by atoms with Crippen LogP contribution >= 0.6 is 11.8 Å². The van der Waals surface area contributed by atoms with Crippen LogP contribution in [0.15, 0.2) is 34.3 Å². The number of ether oxygens (including phenoxy) is 1. The average Bonchev–Trinajstić information content (AvgIpc) is 3.15. The zero-order chi connectivity index (χ0) is 22.4. The van der Waals surface area contributed by atoms with Crippen LogP contribution in [0.4, 0.5) is 0 Å².